The number of aryl methyl sites for hydroxylation is 1. The Hall–Kier alpha value is -1.84. The predicted octanol–water partition coefficient (Wildman–Crippen LogP) is 3.31. The number of alkyl halides is 1. The van der Waals surface area contributed by atoms with Gasteiger partial charge in [0, 0.05) is 24.0 Å². The molecule has 150 valence electrons. The number of carbonyl (C=O) groups is 1. The highest BCUT2D eigenvalue weighted by atomic mass is 79.9. The van der Waals surface area contributed by atoms with Gasteiger partial charge in [0.1, 0.15) is 18.0 Å². The summed E-state index contributed by atoms with van der Waals surface area (Å²) < 4.78 is 54.5. The molecule has 0 saturated carbocycles. The molecule has 28 heavy (non-hydrogen) atoms. The molecule has 1 amide bonds. The van der Waals surface area contributed by atoms with Crippen LogP contribution in [0.2, 0.25) is 0 Å². The van der Waals surface area contributed by atoms with E-state index in [1.807, 2.05) is 25.1 Å². The lowest BCUT2D eigenvalue weighted by molar-refractivity contribution is -0.124. The van der Waals surface area contributed by atoms with Gasteiger partial charge in [0.15, 0.2) is 0 Å². The fourth-order valence-corrected chi connectivity index (χ4v) is 5.50. The average Bonchev–Trinajstić information content (AvgIpc) is 3.02. The Balaban J connectivity index is 1.77. The molecule has 1 aliphatic rings. The van der Waals surface area contributed by atoms with Crippen LogP contribution >= 0.6 is 15.9 Å². The third-order valence-corrected chi connectivity index (χ3v) is 6.84. The molecular formula is C19H19BrF2N2O3S. The monoisotopic (exact) mass is 472 g/mol. The van der Waals surface area contributed by atoms with Crippen molar-refractivity contribution >= 4 is 31.9 Å². The van der Waals surface area contributed by atoms with Crippen LogP contribution in [-0.4, -0.2) is 37.4 Å². The van der Waals surface area contributed by atoms with E-state index in [9.17, 15) is 22.0 Å². The number of nitrogens with zero attached hydrogens (tertiary/aromatic N) is 1. The first-order valence-electron chi connectivity index (χ1n) is 8.62. The molecule has 9 heteroatoms. The maximum absolute atomic E-state index is 14.0. The first kappa shape index (κ1) is 20.9. The Kier molecular flexibility index (Phi) is 6.16. The molecule has 2 atom stereocenters. The van der Waals surface area contributed by atoms with Crippen LogP contribution in [0.4, 0.5) is 8.78 Å². The van der Waals surface area contributed by atoms with Crippen molar-refractivity contribution in [3.63, 3.8) is 0 Å². The Bertz CT molecular complexity index is 963. The number of hydrogen-bond acceptors (Lipinski definition) is 3. The second kappa shape index (κ2) is 8.26. The Morgan fingerprint density at radius 3 is 2.57 bits per heavy atom. The molecule has 1 saturated heterocycles. The normalized spacial score (nSPS) is 20.3. The molecule has 3 rings (SSSR count). The molecule has 5 nitrogen and oxygen atoms in total. The van der Waals surface area contributed by atoms with Crippen LogP contribution < -0.4 is 5.32 Å². The van der Waals surface area contributed by atoms with Crippen molar-refractivity contribution in [1.82, 2.24) is 9.62 Å². The Labute approximate surface area is 170 Å². The summed E-state index contributed by atoms with van der Waals surface area (Å²) in [6, 6.07) is 8.75. The van der Waals surface area contributed by atoms with E-state index in [1.54, 1.807) is 0 Å². The molecule has 1 aliphatic heterocycles. The minimum Gasteiger partial charge on any atom is -0.351 e. The molecule has 0 radical (unpaired) electrons. The second-order valence-corrected chi connectivity index (χ2v) is 9.54. The van der Waals surface area contributed by atoms with E-state index in [4.69, 9.17) is 0 Å². The van der Waals surface area contributed by atoms with E-state index in [0.29, 0.717) is 0 Å². The van der Waals surface area contributed by atoms with Crippen LogP contribution in [0.1, 0.15) is 17.5 Å². The molecule has 1 N–H and O–H groups in total. The Morgan fingerprint density at radius 1 is 1.25 bits per heavy atom. The minimum atomic E-state index is -4.12. The van der Waals surface area contributed by atoms with Crippen LogP contribution in [0, 0.1) is 12.7 Å². The third kappa shape index (κ3) is 4.59. The summed E-state index contributed by atoms with van der Waals surface area (Å²) >= 11 is 3.38. The smallest absolute Gasteiger partial charge is 0.243 e. The third-order valence-electron chi connectivity index (χ3n) is 4.50. The summed E-state index contributed by atoms with van der Waals surface area (Å²) in [4.78, 5) is 12.4. The number of benzene rings is 2. The van der Waals surface area contributed by atoms with Gasteiger partial charge in [-0.2, -0.15) is 4.31 Å². The van der Waals surface area contributed by atoms with Gasteiger partial charge in [0.2, 0.25) is 15.9 Å². The van der Waals surface area contributed by atoms with Crippen LogP contribution in [0.5, 0.6) is 0 Å². The van der Waals surface area contributed by atoms with Gasteiger partial charge in [-0.1, -0.05) is 22.0 Å². The van der Waals surface area contributed by atoms with Gasteiger partial charge >= 0.3 is 0 Å². The van der Waals surface area contributed by atoms with Crippen molar-refractivity contribution < 1.29 is 22.0 Å². The first-order valence-corrected chi connectivity index (χ1v) is 10.9. The van der Waals surface area contributed by atoms with Crippen LogP contribution in [0.25, 0.3) is 0 Å². The van der Waals surface area contributed by atoms with Gasteiger partial charge in [0.05, 0.1) is 4.90 Å². The van der Waals surface area contributed by atoms with Gasteiger partial charge in [-0.05, 0) is 54.4 Å². The largest absolute Gasteiger partial charge is 0.351 e. The lowest BCUT2D eigenvalue weighted by atomic mass is 10.1. The number of carbonyl (C=O) groups excluding carboxylic acids is 1. The number of amides is 1. The van der Waals surface area contributed by atoms with E-state index in [-0.39, 0.29) is 17.9 Å². The molecule has 0 spiro atoms. The van der Waals surface area contributed by atoms with Crippen molar-refractivity contribution in [2.24, 2.45) is 0 Å². The second-order valence-electron chi connectivity index (χ2n) is 6.73. The Morgan fingerprint density at radius 2 is 1.93 bits per heavy atom. The maximum atomic E-state index is 14.0. The lowest BCUT2D eigenvalue weighted by Crippen LogP contribution is -2.45. The summed E-state index contributed by atoms with van der Waals surface area (Å²) in [6.45, 7) is 1.70. The number of hydrogen-bond donors (Lipinski definition) is 1. The lowest BCUT2D eigenvalue weighted by Gasteiger charge is -2.23. The fourth-order valence-electron chi connectivity index (χ4n) is 3.22. The topological polar surface area (TPSA) is 66.5 Å². The predicted molar refractivity (Wildman–Crippen MR) is 104 cm³/mol. The van der Waals surface area contributed by atoms with E-state index < -0.39 is 40.5 Å². The van der Waals surface area contributed by atoms with Crippen LogP contribution in [0.15, 0.2) is 51.8 Å². The van der Waals surface area contributed by atoms with Crippen molar-refractivity contribution in [3.8, 4) is 0 Å². The molecular weight excluding hydrogens is 454 g/mol. The summed E-state index contributed by atoms with van der Waals surface area (Å²) in [7, 11) is -4.12. The van der Waals surface area contributed by atoms with E-state index in [1.165, 1.54) is 0 Å². The molecule has 0 aliphatic carbocycles. The zero-order valence-corrected chi connectivity index (χ0v) is 17.4. The summed E-state index contributed by atoms with van der Waals surface area (Å²) in [5.41, 5.74) is 1.84. The van der Waals surface area contributed by atoms with Gasteiger partial charge in [-0.15, -0.1) is 0 Å². The summed E-state index contributed by atoms with van der Waals surface area (Å²) in [5.74, 6) is -1.15. The first-order chi connectivity index (χ1) is 13.2. The standard InChI is InChI=1S/C19H19BrF2N2O3S/c1-12-6-13(8-14(20)7-12)10-23-19(25)18-9-16(22)11-24(18)28(26,27)17-4-2-15(21)3-5-17/h2-8,16,18H,9-11H2,1H3,(H,23,25)/t16-,18+/m1/s1. The van der Waals surface area contributed by atoms with Gasteiger partial charge in [0.25, 0.3) is 0 Å². The molecule has 0 aromatic heterocycles. The number of rotatable bonds is 5. The van der Waals surface area contributed by atoms with Crippen LogP contribution in [0.3, 0.4) is 0 Å². The van der Waals surface area contributed by atoms with Crippen LogP contribution in [-0.2, 0) is 21.4 Å². The number of sulfonamides is 1. The molecule has 2 aromatic carbocycles. The van der Waals surface area contributed by atoms with E-state index >= 15 is 0 Å². The molecule has 0 unspecified atom stereocenters. The van der Waals surface area contributed by atoms with E-state index in [0.717, 1.165) is 44.2 Å². The molecule has 1 heterocycles. The van der Waals surface area contributed by atoms with Gasteiger partial charge in [-0.25, -0.2) is 17.2 Å². The zero-order chi connectivity index (χ0) is 20.5. The molecule has 1 fully saturated rings. The zero-order valence-electron chi connectivity index (χ0n) is 15.0. The van der Waals surface area contributed by atoms with Crippen molar-refractivity contribution in [1.29, 1.82) is 0 Å². The molecule has 0 bridgehead atoms. The highest BCUT2D eigenvalue weighted by Crippen LogP contribution is 2.28. The maximum Gasteiger partial charge on any atom is 0.243 e. The number of halogens is 3. The molecule has 2 aromatic rings. The highest BCUT2D eigenvalue weighted by molar-refractivity contribution is 9.10. The SMILES string of the molecule is Cc1cc(Br)cc(CNC(=O)[C@@H]2C[C@@H](F)CN2S(=O)(=O)c2ccc(F)cc2)c1. The summed E-state index contributed by atoms with van der Waals surface area (Å²) in [6.07, 6.45) is -1.66. The van der Waals surface area contributed by atoms with Crippen molar-refractivity contribution in [2.75, 3.05) is 6.54 Å². The van der Waals surface area contributed by atoms with E-state index in [2.05, 4.69) is 21.2 Å². The number of nitrogens with one attached hydrogen (secondary N) is 1. The van der Waals surface area contributed by atoms with Gasteiger partial charge in [-0.3, -0.25) is 4.79 Å². The van der Waals surface area contributed by atoms with Crippen molar-refractivity contribution in [3.05, 3.63) is 63.9 Å². The quantitative estimate of drug-likeness (QED) is 0.725. The minimum absolute atomic E-state index is 0.177. The van der Waals surface area contributed by atoms with Gasteiger partial charge < -0.3 is 5.32 Å². The summed E-state index contributed by atoms with van der Waals surface area (Å²) in [5, 5.41) is 2.69. The fraction of sp³-hybridized carbons (Fsp3) is 0.316. The highest BCUT2D eigenvalue weighted by Gasteiger charge is 2.44. The average molecular weight is 473 g/mol. The van der Waals surface area contributed by atoms with Crippen molar-refractivity contribution in [2.45, 2.75) is 37.0 Å².